The Morgan fingerprint density at radius 3 is 2.59 bits per heavy atom. The average molecular weight is 396 g/mol. The maximum Gasteiger partial charge on any atom is 0.163 e. The molecule has 4 rings (SSSR count). The first-order valence-electron chi connectivity index (χ1n) is 9.87. The van der Waals surface area contributed by atoms with Crippen LogP contribution in [0.4, 0.5) is 23.1 Å². The Balaban J connectivity index is 0.00000256. The van der Waals surface area contributed by atoms with Gasteiger partial charge in [-0.25, -0.2) is 9.97 Å². The standard InChI is InChI=1S/C21H27N7O.H2/c1-14-11-20(27-26-14)23-19-13-18(22-16-7-9-29-10-8-16)24-21(25-19)15-5-4-6-17(12-15)28(2)3;/h4-6,11-13,16H,7-10H2,1-3H3,(H3,22,23,24,25,26,27);1H. The van der Waals surface area contributed by atoms with Crippen molar-refractivity contribution >= 4 is 23.1 Å². The fourth-order valence-corrected chi connectivity index (χ4v) is 3.30. The van der Waals surface area contributed by atoms with Crippen molar-refractivity contribution in [1.29, 1.82) is 0 Å². The Hall–Kier alpha value is -3.13. The molecule has 8 heteroatoms. The van der Waals surface area contributed by atoms with E-state index >= 15 is 0 Å². The minimum atomic E-state index is 0. The van der Waals surface area contributed by atoms with E-state index in [-0.39, 0.29) is 1.43 Å². The molecule has 0 saturated carbocycles. The van der Waals surface area contributed by atoms with Crippen molar-refractivity contribution in [2.24, 2.45) is 0 Å². The molecule has 3 N–H and O–H groups in total. The van der Waals surface area contributed by atoms with Gasteiger partial charge in [-0.3, -0.25) is 5.10 Å². The number of nitrogens with zero attached hydrogens (tertiary/aromatic N) is 4. The highest BCUT2D eigenvalue weighted by atomic mass is 16.5. The summed E-state index contributed by atoms with van der Waals surface area (Å²) in [4.78, 5) is 11.6. The Labute approximate surface area is 172 Å². The van der Waals surface area contributed by atoms with Crippen molar-refractivity contribution in [3.05, 3.63) is 42.1 Å². The summed E-state index contributed by atoms with van der Waals surface area (Å²) in [7, 11) is 4.05. The number of aromatic amines is 1. The van der Waals surface area contributed by atoms with E-state index in [0.29, 0.717) is 17.7 Å². The van der Waals surface area contributed by atoms with Gasteiger partial charge in [0.2, 0.25) is 0 Å². The van der Waals surface area contributed by atoms with Gasteiger partial charge in [-0.15, -0.1) is 0 Å². The van der Waals surface area contributed by atoms with E-state index in [2.05, 4.69) is 37.9 Å². The van der Waals surface area contributed by atoms with Gasteiger partial charge in [0.25, 0.3) is 0 Å². The molecule has 1 aliphatic heterocycles. The lowest BCUT2D eigenvalue weighted by atomic mass is 10.1. The summed E-state index contributed by atoms with van der Waals surface area (Å²) >= 11 is 0. The molecule has 3 aromatic rings. The lowest BCUT2D eigenvalue weighted by Crippen LogP contribution is -2.28. The first kappa shape index (κ1) is 19.2. The molecule has 8 nitrogen and oxygen atoms in total. The van der Waals surface area contributed by atoms with Gasteiger partial charge in [0, 0.05) is 63.9 Å². The normalized spacial score (nSPS) is 14.6. The molecule has 0 atom stereocenters. The van der Waals surface area contributed by atoms with E-state index in [9.17, 15) is 0 Å². The molecule has 1 saturated heterocycles. The van der Waals surface area contributed by atoms with Crippen LogP contribution in [0.5, 0.6) is 0 Å². The molecule has 0 amide bonds. The number of aromatic nitrogens is 4. The van der Waals surface area contributed by atoms with Crippen LogP contribution in [0, 0.1) is 6.92 Å². The largest absolute Gasteiger partial charge is 0.381 e. The molecule has 0 radical (unpaired) electrons. The summed E-state index contributed by atoms with van der Waals surface area (Å²) in [6, 6.07) is 12.4. The maximum atomic E-state index is 5.47. The van der Waals surface area contributed by atoms with E-state index in [4.69, 9.17) is 14.7 Å². The second kappa shape index (κ2) is 8.48. The third kappa shape index (κ3) is 4.83. The summed E-state index contributed by atoms with van der Waals surface area (Å²) < 4.78 is 5.47. The van der Waals surface area contributed by atoms with Crippen molar-refractivity contribution < 1.29 is 6.16 Å². The maximum absolute atomic E-state index is 5.47. The van der Waals surface area contributed by atoms with Gasteiger partial charge < -0.3 is 20.3 Å². The summed E-state index contributed by atoms with van der Waals surface area (Å²) in [5.74, 6) is 2.89. The summed E-state index contributed by atoms with van der Waals surface area (Å²) in [5.41, 5.74) is 3.06. The lowest BCUT2D eigenvalue weighted by Gasteiger charge is -2.24. The summed E-state index contributed by atoms with van der Waals surface area (Å²) in [6.07, 6.45) is 1.94. The van der Waals surface area contributed by atoms with Crippen LogP contribution in [0.2, 0.25) is 0 Å². The number of benzene rings is 1. The van der Waals surface area contributed by atoms with Gasteiger partial charge in [-0.2, -0.15) is 5.10 Å². The number of hydrogen-bond donors (Lipinski definition) is 3. The molecule has 29 heavy (non-hydrogen) atoms. The number of hydrogen-bond acceptors (Lipinski definition) is 7. The van der Waals surface area contributed by atoms with Gasteiger partial charge >= 0.3 is 0 Å². The van der Waals surface area contributed by atoms with Crippen molar-refractivity contribution in [3.8, 4) is 11.4 Å². The van der Waals surface area contributed by atoms with Crippen LogP contribution < -0.4 is 15.5 Å². The highest BCUT2D eigenvalue weighted by Gasteiger charge is 2.16. The first-order chi connectivity index (χ1) is 14.1. The Morgan fingerprint density at radius 1 is 1.07 bits per heavy atom. The molecule has 0 spiro atoms. The zero-order valence-electron chi connectivity index (χ0n) is 17.1. The highest BCUT2D eigenvalue weighted by molar-refractivity contribution is 5.67. The second-order valence-electron chi connectivity index (χ2n) is 7.50. The molecule has 1 fully saturated rings. The molecule has 2 aromatic heterocycles. The molecular weight excluding hydrogens is 366 g/mol. The summed E-state index contributed by atoms with van der Waals surface area (Å²) in [5, 5.41) is 14.0. The van der Waals surface area contributed by atoms with Crippen molar-refractivity contribution in [3.63, 3.8) is 0 Å². The fraction of sp³-hybridized carbons (Fsp3) is 0.381. The highest BCUT2D eigenvalue weighted by Crippen LogP contribution is 2.26. The van der Waals surface area contributed by atoms with Gasteiger partial charge in [0.15, 0.2) is 11.6 Å². The lowest BCUT2D eigenvalue weighted by molar-refractivity contribution is 0.0904. The molecule has 0 bridgehead atoms. The molecule has 3 heterocycles. The number of nitrogens with one attached hydrogen (secondary N) is 3. The van der Waals surface area contributed by atoms with Crippen LogP contribution in [-0.2, 0) is 4.74 Å². The van der Waals surface area contributed by atoms with Crippen LogP contribution in [-0.4, -0.2) is 53.5 Å². The number of rotatable bonds is 6. The van der Waals surface area contributed by atoms with Gasteiger partial charge in [0.1, 0.15) is 11.6 Å². The average Bonchev–Trinajstić information content (AvgIpc) is 3.13. The zero-order valence-corrected chi connectivity index (χ0v) is 17.1. The molecule has 1 aromatic carbocycles. The van der Waals surface area contributed by atoms with E-state index in [0.717, 1.165) is 54.6 Å². The SMILES string of the molecule is Cc1cc(Nc2cc(NC3CCOCC3)nc(-c3cccc(N(C)C)c3)n2)n[nH]1.[HH]. The fourth-order valence-electron chi connectivity index (χ4n) is 3.30. The van der Waals surface area contributed by atoms with Crippen LogP contribution >= 0.6 is 0 Å². The van der Waals surface area contributed by atoms with E-state index < -0.39 is 0 Å². The monoisotopic (exact) mass is 395 g/mol. The van der Waals surface area contributed by atoms with Crippen molar-refractivity contribution in [2.75, 3.05) is 42.8 Å². The van der Waals surface area contributed by atoms with Gasteiger partial charge in [-0.1, -0.05) is 12.1 Å². The zero-order chi connectivity index (χ0) is 20.2. The minimum absolute atomic E-state index is 0. The third-order valence-corrected chi connectivity index (χ3v) is 4.88. The van der Waals surface area contributed by atoms with Crippen LogP contribution in [0.15, 0.2) is 36.4 Å². The van der Waals surface area contributed by atoms with Gasteiger partial charge in [-0.05, 0) is 31.9 Å². The number of aryl methyl sites for hydroxylation is 1. The molecule has 1 aliphatic rings. The predicted octanol–water partition coefficient (Wildman–Crippen LogP) is 3.82. The van der Waals surface area contributed by atoms with Crippen molar-refractivity contribution in [2.45, 2.75) is 25.8 Å². The Bertz CT molecular complexity index is 969. The number of ether oxygens (including phenoxy) is 1. The van der Waals surface area contributed by atoms with E-state index in [1.54, 1.807) is 0 Å². The van der Waals surface area contributed by atoms with E-state index in [1.165, 1.54) is 0 Å². The Kier molecular flexibility index (Phi) is 5.62. The molecular formula is C21H29N7O. The van der Waals surface area contributed by atoms with Crippen LogP contribution in [0.3, 0.4) is 0 Å². The van der Waals surface area contributed by atoms with Crippen LogP contribution in [0.25, 0.3) is 11.4 Å². The Morgan fingerprint density at radius 2 is 1.86 bits per heavy atom. The first-order valence-corrected chi connectivity index (χ1v) is 9.87. The second-order valence-corrected chi connectivity index (χ2v) is 7.50. The van der Waals surface area contributed by atoms with E-state index in [1.807, 2.05) is 45.3 Å². The predicted molar refractivity (Wildman–Crippen MR) is 118 cm³/mol. The van der Waals surface area contributed by atoms with Gasteiger partial charge in [0.05, 0.1) is 0 Å². The molecule has 0 aliphatic carbocycles. The number of anilines is 4. The molecule has 0 unspecified atom stereocenters. The quantitative estimate of drug-likeness (QED) is 0.584. The smallest absolute Gasteiger partial charge is 0.163 e. The molecule has 154 valence electrons. The minimum Gasteiger partial charge on any atom is -0.381 e. The summed E-state index contributed by atoms with van der Waals surface area (Å²) in [6.45, 7) is 3.52. The third-order valence-electron chi connectivity index (χ3n) is 4.88. The number of H-pyrrole nitrogens is 1. The van der Waals surface area contributed by atoms with Crippen LogP contribution in [0.1, 0.15) is 20.0 Å². The topological polar surface area (TPSA) is 91.0 Å². The van der Waals surface area contributed by atoms with Crippen molar-refractivity contribution in [1.82, 2.24) is 20.2 Å².